The van der Waals surface area contributed by atoms with Crippen LogP contribution in [-0.2, 0) is 15.0 Å². The highest BCUT2D eigenvalue weighted by atomic mass is 16.2. The van der Waals surface area contributed by atoms with Gasteiger partial charge in [-0.1, -0.05) is 59.6 Å². The number of carbonyl (C=O) groups excluding carboxylic acids is 3. The lowest BCUT2D eigenvalue weighted by Crippen LogP contribution is -2.53. The minimum atomic E-state index is -0.576. The van der Waals surface area contributed by atoms with E-state index in [2.05, 4.69) is 26.1 Å². The van der Waals surface area contributed by atoms with Crippen molar-refractivity contribution in [3.8, 4) is 0 Å². The molecule has 0 bridgehead atoms. The molecule has 0 aromatic heterocycles. The van der Waals surface area contributed by atoms with Crippen molar-refractivity contribution in [3.63, 3.8) is 0 Å². The average molecular weight is 470 g/mol. The molecule has 1 atom stereocenters. The van der Waals surface area contributed by atoms with Crippen LogP contribution < -0.4 is 5.32 Å². The van der Waals surface area contributed by atoms with Gasteiger partial charge in [0.1, 0.15) is 6.04 Å². The molecule has 3 rings (SSSR count). The molecule has 1 aromatic carbocycles. The fourth-order valence-electron chi connectivity index (χ4n) is 4.95. The maximum Gasteiger partial charge on any atom is 0.251 e. The molecule has 0 radical (unpaired) electrons. The molecular formula is C28H43N3O3. The second kappa shape index (κ2) is 11.4. The molecule has 0 saturated carbocycles. The van der Waals surface area contributed by atoms with Crippen LogP contribution in [0.4, 0.5) is 0 Å². The number of carbonyl (C=O) groups is 3. The molecule has 1 aromatic rings. The third-order valence-corrected chi connectivity index (χ3v) is 7.31. The summed E-state index contributed by atoms with van der Waals surface area (Å²) in [6.07, 6.45) is 6.01. The van der Waals surface area contributed by atoms with Gasteiger partial charge in [-0.2, -0.15) is 0 Å². The minimum absolute atomic E-state index is 0.00979. The summed E-state index contributed by atoms with van der Waals surface area (Å²) in [4.78, 5) is 43.1. The van der Waals surface area contributed by atoms with Crippen molar-refractivity contribution in [2.75, 3.05) is 26.2 Å². The van der Waals surface area contributed by atoms with E-state index in [-0.39, 0.29) is 35.0 Å². The first-order valence-corrected chi connectivity index (χ1v) is 13.1. The molecule has 0 unspecified atom stereocenters. The summed E-state index contributed by atoms with van der Waals surface area (Å²) in [5, 5.41) is 2.98. The summed E-state index contributed by atoms with van der Waals surface area (Å²) in [6.45, 7) is 13.2. The van der Waals surface area contributed by atoms with Crippen molar-refractivity contribution in [3.05, 3.63) is 35.4 Å². The highest BCUT2D eigenvalue weighted by molar-refractivity contribution is 5.97. The average Bonchev–Trinajstić information content (AvgIpc) is 3.10. The van der Waals surface area contributed by atoms with Crippen LogP contribution in [0.2, 0.25) is 0 Å². The van der Waals surface area contributed by atoms with Gasteiger partial charge in [0.05, 0.1) is 0 Å². The van der Waals surface area contributed by atoms with Crippen molar-refractivity contribution in [1.29, 1.82) is 0 Å². The van der Waals surface area contributed by atoms with Crippen LogP contribution in [0, 0.1) is 11.8 Å². The van der Waals surface area contributed by atoms with E-state index in [0.717, 1.165) is 31.5 Å². The number of nitrogens with zero attached hydrogens (tertiary/aromatic N) is 2. The molecular weight excluding hydrogens is 426 g/mol. The summed E-state index contributed by atoms with van der Waals surface area (Å²) >= 11 is 0. The third-order valence-electron chi connectivity index (χ3n) is 7.31. The minimum Gasteiger partial charge on any atom is -0.342 e. The first-order valence-electron chi connectivity index (χ1n) is 13.1. The van der Waals surface area contributed by atoms with Gasteiger partial charge in [-0.25, -0.2) is 0 Å². The van der Waals surface area contributed by atoms with E-state index in [0.29, 0.717) is 31.5 Å². The standard InChI is InChI=1S/C28H43N3O3/c1-20(2)24(29-25(32)21-10-12-23(13-11-21)28(3,4)5)27(34)31-18-14-22(15-19-31)26(33)30-16-8-6-7-9-17-30/h10-13,20,22,24H,6-9,14-19H2,1-5H3,(H,29,32)/t24-/m0/s1. The molecule has 2 heterocycles. The summed E-state index contributed by atoms with van der Waals surface area (Å²) in [7, 11) is 0. The van der Waals surface area contributed by atoms with Crippen molar-refractivity contribution < 1.29 is 14.4 Å². The zero-order valence-corrected chi connectivity index (χ0v) is 21.7. The van der Waals surface area contributed by atoms with Crippen LogP contribution in [0.1, 0.15) is 89.1 Å². The molecule has 2 fully saturated rings. The van der Waals surface area contributed by atoms with Gasteiger partial charge in [0, 0.05) is 37.7 Å². The van der Waals surface area contributed by atoms with E-state index in [1.807, 2.05) is 47.9 Å². The second-order valence-corrected chi connectivity index (χ2v) is 11.4. The van der Waals surface area contributed by atoms with Gasteiger partial charge in [0.2, 0.25) is 11.8 Å². The summed E-state index contributed by atoms with van der Waals surface area (Å²) in [6, 6.07) is 7.04. The van der Waals surface area contributed by atoms with E-state index < -0.39 is 6.04 Å². The van der Waals surface area contributed by atoms with E-state index in [1.54, 1.807) is 0 Å². The molecule has 2 saturated heterocycles. The number of benzene rings is 1. The monoisotopic (exact) mass is 469 g/mol. The molecule has 188 valence electrons. The van der Waals surface area contributed by atoms with Gasteiger partial charge >= 0.3 is 0 Å². The van der Waals surface area contributed by atoms with Crippen molar-refractivity contribution >= 4 is 17.7 Å². The molecule has 2 aliphatic heterocycles. The fourth-order valence-corrected chi connectivity index (χ4v) is 4.95. The SMILES string of the molecule is CC(C)[C@H](NC(=O)c1ccc(C(C)(C)C)cc1)C(=O)N1CCC(C(=O)N2CCCCCC2)CC1. The zero-order chi connectivity index (χ0) is 24.9. The predicted octanol–water partition coefficient (Wildman–Crippen LogP) is 4.38. The first kappa shape index (κ1) is 26.2. The number of piperidine rings is 1. The lowest BCUT2D eigenvalue weighted by atomic mass is 9.86. The highest BCUT2D eigenvalue weighted by Gasteiger charge is 2.34. The maximum absolute atomic E-state index is 13.3. The second-order valence-electron chi connectivity index (χ2n) is 11.4. The van der Waals surface area contributed by atoms with Crippen LogP contribution in [0.5, 0.6) is 0 Å². The van der Waals surface area contributed by atoms with Crippen molar-refractivity contribution in [1.82, 2.24) is 15.1 Å². The van der Waals surface area contributed by atoms with Gasteiger partial charge < -0.3 is 15.1 Å². The van der Waals surface area contributed by atoms with Gasteiger partial charge in [0.15, 0.2) is 0 Å². The van der Waals surface area contributed by atoms with Gasteiger partial charge in [0.25, 0.3) is 5.91 Å². The van der Waals surface area contributed by atoms with Crippen LogP contribution >= 0.6 is 0 Å². The van der Waals surface area contributed by atoms with Crippen LogP contribution in [0.25, 0.3) is 0 Å². The largest absolute Gasteiger partial charge is 0.342 e. The van der Waals surface area contributed by atoms with E-state index >= 15 is 0 Å². The first-order chi connectivity index (χ1) is 16.1. The van der Waals surface area contributed by atoms with E-state index in [1.165, 1.54) is 12.8 Å². The summed E-state index contributed by atoms with van der Waals surface area (Å²) in [5.74, 6) is -0.0205. The molecule has 0 aliphatic carbocycles. The number of rotatable bonds is 5. The number of nitrogens with one attached hydrogen (secondary N) is 1. The molecule has 2 aliphatic rings. The molecule has 34 heavy (non-hydrogen) atoms. The van der Waals surface area contributed by atoms with E-state index in [4.69, 9.17) is 0 Å². The molecule has 6 heteroatoms. The van der Waals surface area contributed by atoms with E-state index in [9.17, 15) is 14.4 Å². The fraction of sp³-hybridized carbons (Fsp3) is 0.679. The Morgan fingerprint density at radius 1 is 0.853 bits per heavy atom. The van der Waals surface area contributed by atoms with Crippen LogP contribution in [-0.4, -0.2) is 59.7 Å². The highest BCUT2D eigenvalue weighted by Crippen LogP contribution is 2.24. The van der Waals surface area contributed by atoms with Crippen molar-refractivity contribution in [2.45, 2.75) is 84.6 Å². The maximum atomic E-state index is 13.3. The van der Waals surface area contributed by atoms with Gasteiger partial charge in [-0.15, -0.1) is 0 Å². The Morgan fingerprint density at radius 3 is 1.91 bits per heavy atom. The topological polar surface area (TPSA) is 69.7 Å². The molecule has 6 nitrogen and oxygen atoms in total. The zero-order valence-electron chi connectivity index (χ0n) is 21.7. The van der Waals surface area contributed by atoms with Crippen LogP contribution in [0.15, 0.2) is 24.3 Å². The quantitative estimate of drug-likeness (QED) is 0.696. The normalized spacial score (nSPS) is 19.0. The van der Waals surface area contributed by atoms with Gasteiger partial charge in [-0.05, 0) is 54.7 Å². The Balaban J connectivity index is 1.57. The van der Waals surface area contributed by atoms with Gasteiger partial charge in [-0.3, -0.25) is 14.4 Å². The Bertz CT molecular complexity index is 841. The smallest absolute Gasteiger partial charge is 0.251 e. The molecule has 1 N–H and O–H groups in total. The number of amides is 3. The number of hydrogen-bond donors (Lipinski definition) is 1. The number of likely N-dealkylation sites (tertiary alicyclic amines) is 2. The third kappa shape index (κ3) is 6.61. The Hall–Kier alpha value is -2.37. The molecule has 0 spiro atoms. The summed E-state index contributed by atoms with van der Waals surface area (Å²) in [5.41, 5.74) is 1.75. The lowest BCUT2D eigenvalue weighted by molar-refractivity contribution is -0.142. The Morgan fingerprint density at radius 2 is 1.41 bits per heavy atom. The Labute approximate surface area is 205 Å². The van der Waals surface area contributed by atoms with Crippen molar-refractivity contribution in [2.24, 2.45) is 11.8 Å². The van der Waals surface area contributed by atoms with Crippen LogP contribution in [0.3, 0.4) is 0 Å². The predicted molar refractivity (Wildman–Crippen MR) is 136 cm³/mol. The summed E-state index contributed by atoms with van der Waals surface area (Å²) < 4.78 is 0. The molecule has 3 amide bonds. The number of hydrogen-bond acceptors (Lipinski definition) is 3. The Kier molecular flexibility index (Phi) is 8.78. The lowest BCUT2D eigenvalue weighted by Gasteiger charge is -2.36.